The van der Waals surface area contributed by atoms with Gasteiger partial charge >= 0.3 is 0 Å². The van der Waals surface area contributed by atoms with Gasteiger partial charge in [0.05, 0.1) is 25.7 Å². The molecule has 3 aromatic carbocycles. The molecule has 6 heteroatoms. The summed E-state index contributed by atoms with van der Waals surface area (Å²) >= 11 is 0. The average molecular weight is 499 g/mol. The first-order valence-corrected chi connectivity index (χ1v) is 13.2. The fraction of sp³-hybridized carbons (Fsp3) is 0.355. The van der Waals surface area contributed by atoms with Crippen LogP contribution in [0.25, 0.3) is 0 Å². The van der Waals surface area contributed by atoms with Gasteiger partial charge in [-0.15, -0.1) is 0 Å². The zero-order valence-electron chi connectivity index (χ0n) is 21.5. The Morgan fingerprint density at radius 1 is 0.919 bits per heavy atom. The zero-order valence-corrected chi connectivity index (χ0v) is 21.5. The van der Waals surface area contributed by atoms with Crippen LogP contribution in [0.3, 0.4) is 0 Å². The lowest BCUT2D eigenvalue weighted by Gasteiger charge is -2.46. The summed E-state index contributed by atoms with van der Waals surface area (Å²) in [6.45, 7) is 2.52. The molecule has 192 valence electrons. The summed E-state index contributed by atoms with van der Waals surface area (Å²) in [4.78, 5) is 30.1. The Morgan fingerprint density at radius 3 is 2.27 bits per heavy atom. The third-order valence-electron chi connectivity index (χ3n) is 7.52. The van der Waals surface area contributed by atoms with Crippen LogP contribution in [0.4, 0.5) is 5.69 Å². The van der Waals surface area contributed by atoms with E-state index in [-0.39, 0.29) is 17.9 Å². The molecule has 1 heterocycles. The van der Waals surface area contributed by atoms with Gasteiger partial charge in [-0.2, -0.15) is 0 Å². The van der Waals surface area contributed by atoms with Crippen LogP contribution in [0, 0.1) is 0 Å². The zero-order chi connectivity index (χ0) is 25.8. The minimum absolute atomic E-state index is 0.00781. The van der Waals surface area contributed by atoms with Crippen molar-refractivity contribution in [1.29, 1.82) is 0 Å². The van der Waals surface area contributed by atoms with Gasteiger partial charge in [-0.25, -0.2) is 0 Å². The number of nitrogens with zero attached hydrogens (tertiary/aromatic N) is 1. The summed E-state index contributed by atoms with van der Waals surface area (Å²) in [6.07, 6.45) is 5.27. The number of anilines is 1. The Hall–Kier alpha value is -3.80. The van der Waals surface area contributed by atoms with Gasteiger partial charge in [0.1, 0.15) is 11.5 Å². The molecule has 2 atom stereocenters. The average Bonchev–Trinajstić information content (AvgIpc) is 2.94. The normalized spacial score (nSPS) is 19.7. The summed E-state index contributed by atoms with van der Waals surface area (Å²) < 4.78 is 10.9. The highest BCUT2D eigenvalue weighted by atomic mass is 16.5. The van der Waals surface area contributed by atoms with Gasteiger partial charge in [-0.3, -0.25) is 9.59 Å². The molecule has 1 aliphatic heterocycles. The molecule has 0 unspecified atom stereocenters. The first kappa shape index (κ1) is 24.9. The van der Waals surface area contributed by atoms with Crippen LogP contribution < -0.4 is 14.8 Å². The Balaban J connectivity index is 1.58. The molecular formula is C31H34N2O4. The molecule has 0 spiro atoms. The number of benzene rings is 3. The standard InChI is InChI=1S/C31H34N2O4/c1-3-37-25-19-15-22(16-20-25)32-30(34)28-26-11-7-8-12-27(26)31(35)33(23-9-5-4-6-10-23)29(28)21-13-17-24(36-2)18-14-21/h7-8,11-20,23,28-29H,3-6,9-10H2,1-2H3,(H,32,34)/t28-,29-/m1/s1. The fourth-order valence-corrected chi connectivity index (χ4v) is 5.77. The SMILES string of the molecule is CCOc1ccc(NC(=O)[C@@H]2c3ccccc3C(=O)N(C3CCCCC3)[C@@H]2c2ccc(OC)cc2)cc1. The van der Waals surface area contributed by atoms with Crippen molar-refractivity contribution in [2.45, 2.75) is 57.0 Å². The van der Waals surface area contributed by atoms with Gasteiger partial charge in [0.15, 0.2) is 0 Å². The Bertz CT molecular complexity index is 1230. The molecule has 37 heavy (non-hydrogen) atoms. The monoisotopic (exact) mass is 498 g/mol. The second-order valence-corrected chi connectivity index (χ2v) is 9.73. The third kappa shape index (κ3) is 5.06. The van der Waals surface area contributed by atoms with Gasteiger partial charge in [0, 0.05) is 17.3 Å². The molecule has 0 saturated heterocycles. The van der Waals surface area contributed by atoms with Crippen molar-refractivity contribution in [3.8, 4) is 11.5 Å². The molecule has 0 radical (unpaired) electrons. The van der Waals surface area contributed by atoms with Crippen LogP contribution in [0.1, 0.15) is 72.5 Å². The van der Waals surface area contributed by atoms with Crippen LogP contribution >= 0.6 is 0 Å². The first-order valence-electron chi connectivity index (χ1n) is 13.2. The van der Waals surface area contributed by atoms with E-state index in [1.54, 1.807) is 7.11 Å². The maximum Gasteiger partial charge on any atom is 0.254 e. The van der Waals surface area contributed by atoms with E-state index < -0.39 is 12.0 Å². The summed E-state index contributed by atoms with van der Waals surface area (Å²) in [6, 6.07) is 22.4. The number of carbonyl (C=O) groups excluding carboxylic acids is 2. The van der Waals surface area contributed by atoms with Crippen molar-refractivity contribution in [2.75, 3.05) is 19.0 Å². The molecule has 2 aliphatic rings. The van der Waals surface area contributed by atoms with Crippen molar-refractivity contribution in [2.24, 2.45) is 0 Å². The topological polar surface area (TPSA) is 67.9 Å². The van der Waals surface area contributed by atoms with Crippen LogP contribution in [0.15, 0.2) is 72.8 Å². The quantitative estimate of drug-likeness (QED) is 0.412. The third-order valence-corrected chi connectivity index (χ3v) is 7.52. The molecule has 1 fully saturated rings. The maximum atomic E-state index is 14.1. The summed E-state index contributed by atoms with van der Waals surface area (Å²) in [7, 11) is 1.64. The van der Waals surface area contributed by atoms with Crippen molar-refractivity contribution >= 4 is 17.5 Å². The number of rotatable bonds is 7. The van der Waals surface area contributed by atoms with E-state index in [0.717, 1.165) is 48.3 Å². The van der Waals surface area contributed by atoms with Crippen LogP contribution in [0.2, 0.25) is 0 Å². The molecule has 5 rings (SSSR count). The number of carbonyl (C=O) groups is 2. The number of fused-ring (bicyclic) bond motifs is 1. The van der Waals surface area contributed by atoms with E-state index in [1.807, 2.05) is 84.6 Å². The molecule has 3 aromatic rings. The van der Waals surface area contributed by atoms with E-state index in [2.05, 4.69) is 5.32 Å². The number of methoxy groups -OCH3 is 1. The highest BCUT2D eigenvalue weighted by molar-refractivity contribution is 6.04. The largest absolute Gasteiger partial charge is 0.497 e. The number of ether oxygens (including phenoxy) is 2. The van der Waals surface area contributed by atoms with Gasteiger partial charge in [-0.05, 0) is 73.4 Å². The molecule has 6 nitrogen and oxygen atoms in total. The smallest absolute Gasteiger partial charge is 0.254 e. The lowest BCUT2D eigenvalue weighted by Crippen LogP contribution is -2.51. The van der Waals surface area contributed by atoms with Crippen molar-refractivity contribution in [1.82, 2.24) is 4.90 Å². The van der Waals surface area contributed by atoms with Gasteiger partial charge in [0.2, 0.25) is 5.91 Å². The Morgan fingerprint density at radius 2 is 1.59 bits per heavy atom. The predicted molar refractivity (Wildman–Crippen MR) is 144 cm³/mol. The second kappa shape index (κ2) is 11.1. The Labute approximate surface area is 218 Å². The molecule has 2 amide bonds. The maximum absolute atomic E-state index is 14.1. The van der Waals surface area contributed by atoms with Crippen LogP contribution in [-0.4, -0.2) is 36.5 Å². The number of nitrogens with one attached hydrogen (secondary N) is 1. The minimum atomic E-state index is -0.559. The van der Waals surface area contributed by atoms with E-state index >= 15 is 0 Å². The van der Waals surface area contributed by atoms with Crippen molar-refractivity contribution < 1.29 is 19.1 Å². The summed E-state index contributed by atoms with van der Waals surface area (Å²) in [5, 5.41) is 3.13. The Kier molecular flexibility index (Phi) is 7.45. The van der Waals surface area contributed by atoms with Crippen LogP contribution in [-0.2, 0) is 4.79 Å². The summed E-state index contributed by atoms with van der Waals surface area (Å²) in [5.74, 6) is 0.814. The molecular weight excluding hydrogens is 464 g/mol. The van der Waals surface area contributed by atoms with E-state index in [9.17, 15) is 9.59 Å². The molecule has 1 saturated carbocycles. The van der Waals surface area contributed by atoms with Crippen molar-refractivity contribution in [3.05, 3.63) is 89.5 Å². The first-order chi connectivity index (χ1) is 18.1. The molecule has 1 N–H and O–H groups in total. The van der Waals surface area contributed by atoms with Gasteiger partial charge in [-0.1, -0.05) is 49.6 Å². The van der Waals surface area contributed by atoms with E-state index in [1.165, 1.54) is 6.42 Å². The molecule has 0 bridgehead atoms. The van der Waals surface area contributed by atoms with Gasteiger partial charge in [0.25, 0.3) is 5.91 Å². The minimum Gasteiger partial charge on any atom is -0.497 e. The highest BCUT2D eigenvalue weighted by Crippen LogP contribution is 2.46. The number of hydrogen-bond donors (Lipinski definition) is 1. The van der Waals surface area contributed by atoms with Crippen molar-refractivity contribution in [3.63, 3.8) is 0 Å². The highest BCUT2D eigenvalue weighted by Gasteiger charge is 2.46. The number of amides is 2. The molecule has 1 aliphatic carbocycles. The molecule has 0 aromatic heterocycles. The second-order valence-electron chi connectivity index (χ2n) is 9.73. The van der Waals surface area contributed by atoms with Crippen LogP contribution in [0.5, 0.6) is 11.5 Å². The van der Waals surface area contributed by atoms with E-state index in [0.29, 0.717) is 17.9 Å². The fourth-order valence-electron chi connectivity index (χ4n) is 5.77. The van der Waals surface area contributed by atoms with Gasteiger partial charge < -0.3 is 19.7 Å². The number of hydrogen-bond acceptors (Lipinski definition) is 4. The summed E-state index contributed by atoms with van der Waals surface area (Å²) in [5.41, 5.74) is 3.01. The lowest BCUT2D eigenvalue weighted by atomic mass is 9.77. The predicted octanol–water partition coefficient (Wildman–Crippen LogP) is 6.35. The lowest BCUT2D eigenvalue weighted by molar-refractivity contribution is -0.119. The van der Waals surface area contributed by atoms with E-state index in [4.69, 9.17) is 9.47 Å².